The van der Waals surface area contributed by atoms with Crippen molar-refractivity contribution in [1.82, 2.24) is 10.2 Å². The highest BCUT2D eigenvalue weighted by atomic mass is 16.2. The van der Waals surface area contributed by atoms with Crippen LogP contribution >= 0.6 is 0 Å². The summed E-state index contributed by atoms with van der Waals surface area (Å²) in [5.41, 5.74) is 5.08. The Balaban J connectivity index is 1.63. The first-order chi connectivity index (χ1) is 10.6. The van der Waals surface area contributed by atoms with Gasteiger partial charge in [-0.25, -0.2) is 4.79 Å². The lowest BCUT2D eigenvalue weighted by atomic mass is 10.0. The number of carbonyl (C=O) groups excluding carboxylic acids is 1. The third kappa shape index (κ3) is 3.30. The average molecular weight is 294 g/mol. The van der Waals surface area contributed by atoms with Gasteiger partial charge in [0.2, 0.25) is 0 Å². The minimum Gasteiger partial charge on any atom is -0.333 e. The summed E-state index contributed by atoms with van der Waals surface area (Å²) in [7, 11) is 0. The van der Waals surface area contributed by atoms with E-state index >= 15 is 0 Å². The molecule has 2 amide bonds. The number of nitrogens with zero attached hydrogens (tertiary/aromatic N) is 1. The van der Waals surface area contributed by atoms with Crippen LogP contribution in [0.1, 0.15) is 22.3 Å². The third-order valence-electron chi connectivity index (χ3n) is 4.33. The van der Waals surface area contributed by atoms with Gasteiger partial charge in [-0.1, -0.05) is 48.5 Å². The zero-order valence-corrected chi connectivity index (χ0v) is 13.2. The zero-order chi connectivity index (χ0) is 15.5. The number of hydrogen-bond acceptors (Lipinski definition) is 1. The molecule has 2 aromatic rings. The zero-order valence-electron chi connectivity index (χ0n) is 13.2. The van der Waals surface area contributed by atoms with Crippen LogP contribution in [0.5, 0.6) is 0 Å². The molecule has 1 atom stereocenters. The van der Waals surface area contributed by atoms with E-state index in [4.69, 9.17) is 0 Å². The molecule has 0 radical (unpaired) electrons. The Labute approximate surface area is 132 Å². The van der Waals surface area contributed by atoms with Gasteiger partial charge in [0.05, 0.1) is 6.04 Å². The van der Waals surface area contributed by atoms with Crippen LogP contribution in [0.25, 0.3) is 0 Å². The van der Waals surface area contributed by atoms with Crippen LogP contribution in [0, 0.1) is 13.8 Å². The van der Waals surface area contributed by atoms with Crippen molar-refractivity contribution in [1.29, 1.82) is 0 Å². The molecule has 1 unspecified atom stereocenters. The molecule has 1 saturated heterocycles. The second-order valence-corrected chi connectivity index (χ2v) is 6.14. The largest absolute Gasteiger partial charge is 0.333 e. The molecular formula is C19H22N2O. The van der Waals surface area contributed by atoms with E-state index in [-0.39, 0.29) is 12.1 Å². The highest BCUT2D eigenvalue weighted by molar-refractivity contribution is 5.77. The fraction of sp³-hybridized carbons (Fsp3) is 0.316. The Morgan fingerprint density at radius 3 is 2.55 bits per heavy atom. The summed E-state index contributed by atoms with van der Waals surface area (Å²) in [5, 5.41) is 3.09. The highest BCUT2D eigenvalue weighted by Gasteiger charge is 2.28. The fourth-order valence-corrected chi connectivity index (χ4v) is 2.93. The predicted molar refractivity (Wildman–Crippen MR) is 88.8 cm³/mol. The van der Waals surface area contributed by atoms with Crippen molar-refractivity contribution in [3.8, 4) is 0 Å². The number of urea groups is 1. The first-order valence-corrected chi connectivity index (χ1v) is 7.77. The molecule has 22 heavy (non-hydrogen) atoms. The van der Waals surface area contributed by atoms with E-state index < -0.39 is 0 Å². The second-order valence-electron chi connectivity index (χ2n) is 6.14. The van der Waals surface area contributed by atoms with Crippen molar-refractivity contribution < 1.29 is 4.79 Å². The minimum absolute atomic E-state index is 0.0395. The van der Waals surface area contributed by atoms with Gasteiger partial charge in [0.25, 0.3) is 0 Å². The molecule has 3 heteroatoms. The average Bonchev–Trinajstić information content (AvgIpc) is 2.84. The number of nitrogens with one attached hydrogen (secondary N) is 1. The number of carbonyl (C=O) groups is 1. The van der Waals surface area contributed by atoms with Crippen molar-refractivity contribution in [3.63, 3.8) is 0 Å². The predicted octanol–water partition coefficient (Wildman–Crippen LogP) is 3.44. The maximum absolute atomic E-state index is 12.1. The van der Waals surface area contributed by atoms with Crippen LogP contribution < -0.4 is 5.32 Å². The maximum atomic E-state index is 12.1. The summed E-state index contributed by atoms with van der Waals surface area (Å²) < 4.78 is 0. The van der Waals surface area contributed by atoms with Gasteiger partial charge in [-0.2, -0.15) is 0 Å². The number of amides is 2. The molecule has 2 aromatic carbocycles. The van der Waals surface area contributed by atoms with Crippen LogP contribution in [0.4, 0.5) is 4.79 Å². The van der Waals surface area contributed by atoms with Crippen LogP contribution in [0.15, 0.2) is 48.5 Å². The summed E-state index contributed by atoms with van der Waals surface area (Å²) in [6.07, 6.45) is 0.887. The van der Waals surface area contributed by atoms with E-state index in [0.29, 0.717) is 6.54 Å². The van der Waals surface area contributed by atoms with E-state index in [2.05, 4.69) is 49.5 Å². The van der Waals surface area contributed by atoms with Gasteiger partial charge in [0.1, 0.15) is 0 Å². The van der Waals surface area contributed by atoms with Crippen molar-refractivity contribution in [2.24, 2.45) is 0 Å². The van der Waals surface area contributed by atoms with Gasteiger partial charge in [0, 0.05) is 13.1 Å². The van der Waals surface area contributed by atoms with E-state index in [1.165, 1.54) is 22.3 Å². The molecule has 1 aliphatic heterocycles. The van der Waals surface area contributed by atoms with E-state index in [9.17, 15) is 4.79 Å². The normalized spacial score (nSPS) is 17.6. The van der Waals surface area contributed by atoms with Crippen LogP contribution in [-0.2, 0) is 13.0 Å². The number of rotatable bonds is 4. The number of benzene rings is 2. The number of aryl methyl sites for hydroxylation is 2. The molecule has 1 fully saturated rings. The summed E-state index contributed by atoms with van der Waals surface area (Å²) in [6.45, 7) is 5.70. The topological polar surface area (TPSA) is 32.3 Å². The first-order valence-electron chi connectivity index (χ1n) is 7.77. The molecule has 1 N–H and O–H groups in total. The van der Waals surface area contributed by atoms with Crippen molar-refractivity contribution in [2.45, 2.75) is 32.9 Å². The maximum Gasteiger partial charge on any atom is 0.318 e. The molecule has 0 aromatic heterocycles. The van der Waals surface area contributed by atoms with Crippen molar-refractivity contribution in [3.05, 3.63) is 70.8 Å². The molecule has 0 saturated carbocycles. The van der Waals surface area contributed by atoms with E-state index in [1.54, 1.807) is 0 Å². The monoisotopic (exact) mass is 294 g/mol. The lowest BCUT2D eigenvalue weighted by Crippen LogP contribution is -2.29. The standard InChI is InChI=1S/C19H22N2O/c1-14-8-9-17(10-15(14)2)11-18-13-21(19(22)20-18)12-16-6-4-3-5-7-16/h3-10,18H,11-13H2,1-2H3,(H,20,22). The Morgan fingerprint density at radius 2 is 1.82 bits per heavy atom. The van der Waals surface area contributed by atoms with Crippen molar-refractivity contribution >= 4 is 6.03 Å². The number of hydrogen-bond donors (Lipinski definition) is 1. The van der Waals surface area contributed by atoms with Crippen LogP contribution in [0.3, 0.4) is 0 Å². The molecule has 1 aliphatic rings. The molecule has 3 nitrogen and oxygen atoms in total. The van der Waals surface area contributed by atoms with Crippen LogP contribution in [0.2, 0.25) is 0 Å². The molecule has 114 valence electrons. The van der Waals surface area contributed by atoms with Gasteiger partial charge in [-0.05, 0) is 42.5 Å². The second kappa shape index (κ2) is 6.22. The summed E-state index contributed by atoms with van der Waals surface area (Å²) in [5.74, 6) is 0. The highest BCUT2D eigenvalue weighted by Crippen LogP contribution is 2.16. The van der Waals surface area contributed by atoms with E-state index in [0.717, 1.165) is 13.0 Å². The van der Waals surface area contributed by atoms with Gasteiger partial charge in [0.15, 0.2) is 0 Å². The van der Waals surface area contributed by atoms with Crippen LogP contribution in [-0.4, -0.2) is 23.5 Å². The van der Waals surface area contributed by atoms with Gasteiger partial charge >= 0.3 is 6.03 Å². The smallest absolute Gasteiger partial charge is 0.318 e. The lowest BCUT2D eigenvalue weighted by Gasteiger charge is -2.15. The van der Waals surface area contributed by atoms with Crippen molar-refractivity contribution in [2.75, 3.05) is 6.54 Å². The summed E-state index contributed by atoms with van der Waals surface area (Å²) in [6, 6.07) is 16.9. The van der Waals surface area contributed by atoms with E-state index in [1.807, 2.05) is 23.1 Å². The quantitative estimate of drug-likeness (QED) is 0.920. The molecular weight excluding hydrogens is 272 g/mol. The Hall–Kier alpha value is -2.29. The third-order valence-corrected chi connectivity index (χ3v) is 4.33. The SMILES string of the molecule is Cc1ccc(CC2CN(Cc3ccccc3)C(=O)N2)cc1C. The van der Waals surface area contributed by atoms with Gasteiger partial charge in [-0.15, -0.1) is 0 Å². The Kier molecular flexibility index (Phi) is 4.14. The first kappa shape index (κ1) is 14.6. The summed E-state index contributed by atoms with van der Waals surface area (Å²) in [4.78, 5) is 14.0. The lowest BCUT2D eigenvalue weighted by molar-refractivity contribution is 0.215. The molecule has 1 heterocycles. The Morgan fingerprint density at radius 1 is 1.05 bits per heavy atom. The fourth-order valence-electron chi connectivity index (χ4n) is 2.93. The molecule has 0 aliphatic carbocycles. The molecule has 0 spiro atoms. The van der Waals surface area contributed by atoms with Gasteiger partial charge in [-0.3, -0.25) is 0 Å². The molecule has 0 bridgehead atoms. The summed E-state index contributed by atoms with van der Waals surface area (Å²) >= 11 is 0. The molecule has 3 rings (SSSR count). The minimum atomic E-state index is 0.0395. The Bertz CT molecular complexity index is 666. The van der Waals surface area contributed by atoms with Gasteiger partial charge < -0.3 is 10.2 Å².